The molecular formula is C16H13N5O3. The second-order valence-electron chi connectivity index (χ2n) is 5.46. The monoisotopic (exact) mass is 323 g/mol. The first-order valence-electron chi connectivity index (χ1n) is 7.30. The number of aryl methyl sites for hydroxylation is 1. The van der Waals surface area contributed by atoms with Crippen LogP contribution < -0.4 is 11.2 Å². The molecule has 24 heavy (non-hydrogen) atoms. The highest BCUT2D eigenvalue weighted by Crippen LogP contribution is 2.21. The molecule has 3 heterocycles. The minimum Gasteiger partial charge on any atom is -0.361 e. The standard InChI is InChI=1S/C16H13N5O3/c1-21-8-11(15(22)19-16(21)23)14-18-13(24-20-14)6-9-7-17-12-5-3-2-4-10(9)12/h2-5,7-8,17H,6H2,1H3,(H,19,22,23). The summed E-state index contributed by atoms with van der Waals surface area (Å²) in [4.78, 5) is 33.0. The first kappa shape index (κ1) is 14.2. The van der Waals surface area contributed by atoms with Crippen LogP contribution in [0.15, 0.2) is 50.8 Å². The molecule has 0 bridgehead atoms. The quantitative estimate of drug-likeness (QED) is 0.588. The van der Waals surface area contributed by atoms with Crippen molar-refractivity contribution in [3.63, 3.8) is 0 Å². The number of hydrogen-bond donors (Lipinski definition) is 2. The highest BCUT2D eigenvalue weighted by Gasteiger charge is 2.15. The summed E-state index contributed by atoms with van der Waals surface area (Å²) in [5, 5.41) is 4.93. The van der Waals surface area contributed by atoms with E-state index in [4.69, 9.17) is 4.52 Å². The predicted molar refractivity (Wildman–Crippen MR) is 86.7 cm³/mol. The average Bonchev–Trinajstić information content (AvgIpc) is 3.19. The van der Waals surface area contributed by atoms with E-state index in [2.05, 4.69) is 20.1 Å². The molecule has 3 aromatic heterocycles. The third kappa shape index (κ3) is 2.34. The fraction of sp³-hybridized carbons (Fsp3) is 0.125. The van der Waals surface area contributed by atoms with Crippen molar-refractivity contribution >= 4 is 10.9 Å². The van der Waals surface area contributed by atoms with E-state index < -0.39 is 11.2 Å². The third-order valence-corrected chi connectivity index (χ3v) is 3.83. The molecule has 0 saturated carbocycles. The van der Waals surface area contributed by atoms with Crippen LogP contribution >= 0.6 is 0 Å². The first-order valence-corrected chi connectivity index (χ1v) is 7.30. The van der Waals surface area contributed by atoms with Gasteiger partial charge in [0.05, 0.1) is 6.42 Å². The molecule has 0 aliphatic rings. The van der Waals surface area contributed by atoms with E-state index in [9.17, 15) is 9.59 Å². The van der Waals surface area contributed by atoms with Crippen LogP contribution in [-0.4, -0.2) is 24.7 Å². The summed E-state index contributed by atoms with van der Waals surface area (Å²) in [6.45, 7) is 0. The average molecular weight is 323 g/mol. The minimum atomic E-state index is -0.544. The van der Waals surface area contributed by atoms with Crippen LogP contribution in [0.25, 0.3) is 22.3 Å². The molecule has 8 heteroatoms. The topological polar surface area (TPSA) is 110 Å². The van der Waals surface area contributed by atoms with Crippen molar-refractivity contribution in [2.24, 2.45) is 7.05 Å². The highest BCUT2D eigenvalue weighted by atomic mass is 16.5. The number of benzene rings is 1. The number of hydrogen-bond acceptors (Lipinski definition) is 5. The molecule has 4 aromatic rings. The van der Waals surface area contributed by atoms with Gasteiger partial charge in [0.25, 0.3) is 5.56 Å². The SMILES string of the molecule is Cn1cc(-c2noc(Cc3c[nH]c4ccccc34)n2)c(=O)[nH]c1=O. The second-order valence-corrected chi connectivity index (χ2v) is 5.46. The molecule has 1 aromatic carbocycles. The summed E-state index contributed by atoms with van der Waals surface area (Å²) >= 11 is 0. The molecule has 0 atom stereocenters. The van der Waals surface area contributed by atoms with Gasteiger partial charge in [-0.1, -0.05) is 23.4 Å². The van der Waals surface area contributed by atoms with Crippen LogP contribution in [0.1, 0.15) is 11.5 Å². The smallest absolute Gasteiger partial charge is 0.328 e. The Labute approximate surface area is 134 Å². The zero-order chi connectivity index (χ0) is 16.7. The van der Waals surface area contributed by atoms with Gasteiger partial charge in [0.2, 0.25) is 11.7 Å². The van der Waals surface area contributed by atoms with Gasteiger partial charge in [-0.2, -0.15) is 4.98 Å². The van der Waals surface area contributed by atoms with E-state index in [1.165, 1.54) is 17.8 Å². The fourth-order valence-electron chi connectivity index (χ4n) is 2.60. The van der Waals surface area contributed by atoms with Crippen molar-refractivity contribution in [3.8, 4) is 11.4 Å². The lowest BCUT2D eigenvalue weighted by Gasteiger charge is -1.97. The molecule has 2 N–H and O–H groups in total. The number of para-hydroxylation sites is 1. The van der Waals surface area contributed by atoms with Gasteiger partial charge < -0.3 is 14.1 Å². The Morgan fingerprint density at radius 2 is 2.08 bits per heavy atom. The lowest BCUT2D eigenvalue weighted by Crippen LogP contribution is -2.28. The molecule has 0 spiro atoms. The summed E-state index contributed by atoms with van der Waals surface area (Å²) in [7, 11) is 1.54. The molecule has 0 amide bonds. The molecular weight excluding hydrogens is 310 g/mol. The van der Waals surface area contributed by atoms with Crippen molar-refractivity contribution in [2.75, 3.05) is 0 Å². The Kier molecular flexibility index (Phi) is 3.16. The largest absolute Gasteiger partial charge is 0.361 e. The number of fused-ring (bicyclic) bond motifs is 1. The van der Waals surface area contributed by atoms with Gasteiger partial charge in [0.1, 0.15) is 5.56 Å². The van der Waals surface area contributed by atoms with Gasteiger partial charge in [-0.3, -0.25) is 9.78 Å². The van der Waals surface area contributed by atoms with Crippen molar-refractivity contribution < 1.29 is 4.52 Å². The number of H-pyrrole nitrogens is 2. The number of aromatic nitrogens is 5. The minimum absolute atomic E-state index is 0.154. The number of nitrogens with one attached hydrogen (secondary N) is 2. The van der Waals surface area contributed by atoms with Crippen LogP contribution in [-0.2, 0) is 13.5 Å². The number of aromatic amines is 2. The summed E-state index contributed by atoms with van der Waals surface area (Å²) in [6.07, 6.45) is 3.73. The fourth-order valence-corrected chi connectivity index (χ4v) is 2.60. The maximum absolute atomic E-state index is 11.9. The Balaban J connectivity index is 1.70. The molecule has 0 fully saturated rings. The van der Waals surface area contributed by atoms with Crippen molar-refractivity contribution in [2.45, 2.75) is 6.42 Å². The lowest BCUT2D eigenvalue weighted by molar-refractivity contribution is 0.386. The van der Waals surface area contributed by atoms with Crippen LogP contribution in [0, 0.1) is 0 Å². The van der Waals surface area contributed by atoms with Crippen LogP contribution in [0.5, 0.6) is 0 Å². The Morgan fingerprint density at radius 1 is 1.25 bits per heavy atom. The van der Waals surface area contributed by atoms with Crippen molar-refractivity contribution in [3.05, 3.63) is 69.0 Å². The van der Waals surface area contributed by atoms with Gasteiger partial charge in [-0.15, -0.1) is 0 Å². The normalized spacial score (nSPS) is 11.2. The molecule has 0 saturated heterocycles. The van der Waals surface area contributed by atoms with Gasteiger partial charge in [-0.25, -0.2) is 4.79 Å². The van der Waals surface area contributed by atoms with Gasteiger partial charge in [0.15, 0.2) is 0 Å². The first-order chi connectivity index (χ1) is 11.6. The summed E-state index contributed by atoms with van der Waals surface area (Å²) in [6, 6.07) is 7.92. The van der Waals surface area contributed by atoms with E-state index in [1.807, 2.05) is 30.5 Å². The zero-order valence-electron chi connectivity index (χ0n) is 12.7. The number of rotatable bonds is 3. The molecule has 8 nitrogen and oxygen atoms in total. The maximum atomic E-state index is 11.9. The van der Waals surface area contributed by atoms with E-state index in [1.54, 1.807) is 0 Å². The van der Waals surface area contributed by atoms with E-state index in [-0.39, 0.29) is 11.4 Å². The highest BCUT2D eigenvalue weighted by molar-refractivity contribution is 5.83. The summed E-state index contributed by atoms with van der Waals surface area (Å²) in [5.41, 5.74) is 1.20. The van der Waals surface area contributed by atoms with Crippen LogP contribution in [0.3, 0.4) is 0 Å². The van der Waals surface area contributed by atoms with Crippen molar-refractivity contribution in [1.29, 1.82) is 0 Å². The van der Waals surface area contributed by atoms with E-state index >= 15 is 0 Å². The molecule has 0 aliphatic carbocycles. The number of nitrogens with zero attached hydrogens (tertiary/aromatic N) is 3. The van der Waals surface area contributed by atoms with Crippen LogP contribution in [0.4, 0.5) is 0 Å². The Morgan fingerprint density at radius 3 is 2.96 bits per heavy atom. The summed E-state index contributed by atoms with van der Waals surface area (Å²) in [5.74, 6) is 0.546. The Hall–Kier alpha value is -3.42. The maximum Gasteiger partial charge on any atom is 0.328 e. The molecule has 0 aliphatic heterocycles. The van der Waals surface area contributed by atoms with Crippen molar-refractivity contribution in [1.82, 2.24) is 24.7 Å². The molecule has 4 rings (SSSR count). The molecule has 0 unspecified atom stereocenters. The van der Waals surface area contributed by atoms with Crippen LogP contribution in [0.2, 0.25) is 0 Å². The van der Waals surface area contributed by atoms with Gasteiger partial charge >= 0.3 is 5.69 Å². The second kappa shape index (κ2) is 5.34. The predicted octanol–water partition coefficient (Wildman–Crippen LogP) is 1.20. The lowest BCUT2D eigenvalue weighted by atomic mass is 10.1. The zero-order valence-corrected chi connectivity index (χ0v) is 12.7. The third-order valence-electron chi connectivity index (χ3n) is 3.83. The van der Waals surface area contributed by atoms with Gasteiger partial charge in [0, 0.05) is 30.3 Å². The van der Waals surface area contributed by atoms with Gasteiger partial charge in [-0.05, 0) is 11.6 Å². The molecule has 0 radical (unpaired) electrons. The summed E-state index contributed by atoms with van der Waals surface area (Å²) < 4.78 is 6.51. The molecule has 120 valence electrons. The van der Waals surface area contributed by atoms with E-state index in [0.29, 0.717) is 12.3 Å². The van der Waals surface area contributed by atoms with E-state index in [0.717, 1.165) is 16.5 Å². The Bertz CT molecular complexity index is 1150.